The van der Waals surface area contributed by atoms with Gasteiger partial charge in [-0.25, -0.2) is 9.97 Å². The number of piperazine rings is 2. The molecule has 0 saturated carbocycles. The van der Waals surface area contributed by atoms with Crippen molar-refractivity contribution in [1.29, 1.82) is 0 Å². The molecule has 2 aromatic rings. The van der Waals surface area contributed by atoms with E-state index in [0.29, 0.717) is 5.02 Å². The summed E-state index contributed by atoms with van der Waals surface area (Å²) in [7, 11) is 2.16. The summed E-state index contributed by atoms with van der Waals surface area (Å²) < 4.78 is 0. The second-order valence-electron chi connectivity index (χ2n) is 6.79. The number of hydrogen-bond donors (Lipinski definition) is 0. The molecule has 26 heavy (non-hydrogen) atoms. The lowest BCUT2D eigenvalue weighted by atomic mass is 10.3. The molecule has 7 nitrogen and oxygen atoms in total. The van der Waals surface area contributed by atoms with Crippen LogP contribution in [0.5, 0.6) is 0 Å². The lowest BCUT2D eigenvalue weighted by Gasteiger charge is -2.36. The predicted molar refractivity (Wildman–Crippen MR) is 105 cm³/mol. The zero-order valence-electron chi connectivity index (χ0n) is 15.1. The average Bonchev–Trinajstić information content (AvgIpc) is 2.69. The zero-order chi connectivity index (χ0) is 17.9. The number of nitrogens with zero attached hydrogens (tertiary/aromatic N) is 7. The van der Waals surface area contributed by atoms with E-state index in [1.165, 1.54) is 0 Å². The summed E-state index contributed by atoms with van der Waals surface area (Å²) in [6.45, 7) is 7.61. The Hall–Kier alpha value is -2.12. The SMILES string of the molecule is CN1CCN(c2ccnc(N3CCN(c4ncccc4Cl)CC3)n2)CC1. The highest BCUT2D eigenvalue weighted by atomic mass is 35.5. The molecule has 0 spiro atoms. The van der Waals surface area contributed by atoms with E-state index in [9.17, 15) is 0 Å². The van der Waals surface area contributed by atoms with Gasteiger partial charge in [0.15, 0.2) is 0 Å². The Bertz CT molecular complexity index is 740. The van der Waals surface area contributed by atoms with E-state index in [1.807, 2.05) is 24.4 Å². The largest absolute Gasteiger partial charge is 0.354 e. The van der Waals surface area contributed by atoms with Crippen LogP contribution in [0, 0.1) is 0 Å². The Morgan fingerprint density at radius 1 is 0.808 bits per heavy atom. The number of rotatable bonds is 3. The Labute approximate surface area is 159 Å². The van der Waals surface area contributed by atoms with E-state index in [4.69, 9.17) is 16.6 Å². The predicted octanol–water partition coefficient (Wildman–Crippen LogP) is 1.60. The maximum absolute atomic E-state index is 6.28. The number of pyridine rings is 1. The van der Waals surface area contributed by atoms with E-state index in [1.54, 1.807) is 6.20 Å². The van der Waals surface area contributed by atoms with E-state index < -0.39 is 0 Å². The van der Waals surface area contributed by atoms with Crippen LogP contribution in [0.1, 0.15) is 0 Å². The number of aromatic nitrogens is 3. The first kappa shape index (κ1) is 17.3. The molecule has 4 rings (SSSR count). The summed E-state index contributed by atoms with van der Waals surface area (Å²) in [6.07, 6.45) is 3.66. The van der Waals surface area contributed by atoms with Gasteiger partial charge in [-0.05, 0) is 25.2 Å². The van der Waals surface area contributed by atoms with Crippen molar-refractivity contribution in [3.05, 3.63) is 35.6 Å². The quantitative estimate of drug-likeness (QED) is 0.810. The third kappa shape index (κ3) is 3.68. The highest BCUT2D eigenvalue weighted by molar-refractivity contribution is 6.32. The minimum Gasteiger partial charge on any atom is -0.354 e. The van der Waals surface area contributed by atoms with E-state index >= 15 is 0 Å². The molecule has 4 heterocycles. The van der Waals surface area contributed by atoms with Crippen LogP contribution in [-0.2, 0) is 0 Å². The summed E-state index contributed by atoms with van der Waals surface area (Å²) in [5, 5.41) is 0.703. The first-order chi connectivity index (χ1) is 12.7. The smallest absolute Gasteiger partial charge is 0.227 e. The van der Waals surface area contributed by atoms with Crippen LogP contribution in [0.3, 0.4) is 0 Å². The molecule has 8 heteroatoms. The van der Waals surface area contributed by atoms with Gasteiger partial charge in [-0.3, -0.25) is 0 Å². The third-order valence-electron chi connectivity index (χ3n) is 5.06. The fourth-order valence-electron chi connectivity index (χ4n) is 3.43. The van der Waals surface area contributed by atoms with Crippen molar-refractivity contribution in [1.82, 2.24) is 19.9 Å². The molecule has 0 atom stereocenters. The lowest BCUT2D eigenvalue weighted by molar-refractivity contribution is 0.312. The normalized spacial score (nSPS) is 19.1. The van der Waals surface area contributed by atoms with Gasteiger partial charge in [-0.1, -0.05) is 11.6 Å². The van der Waals surface area contributed by atoms with Crippen molar-refractivity contribution < 1.29 is 0 Å². The van der Waals surface area contributed by atoms with Gasteiger partial charge in [-0.15, -0.1) is 0 Å². The number of likely N-dealkylation sites (N-methyl/N-ethyl adjacent to an activating group) is 1. The number of anilines is 3. The van der Waals surface area contributed by atoms with Crippen LogP contribution < -0.4 is 14.7 Å². The molecule has 0 radical (unpaired) electrons. The van der Waals surface area contributed by atoms with Crippen molar-refractivity contribution in [2.24, 2.45) is 0 Å². The van der Waals surface area contributed by atoms with Crippen LogP contribution in [0.4, 0.5) is 17.6 Å². The highest BCUT2D eigenvalue weighted by Gasteiger charge is 2.22. The number of halogens is 1. The molecule has 0 aromatic carbocycles. The molecule has 2 fully saturated rings. The molecule has 0 aliphatic carbocycles. The van der Waals surface area contributed by atoms with Gasteiger partial charge in [0.2, 0.25) is 5.95 Å². The summed E-state index contributed by atoms with van der Waals surface area (Å²) in [6, 6.07) is 5.76. The molecule has 0 amide bonds. The van der Waals surface area contributed by atoms with Crippen molar-refractivity contribution in [2.45, 2.75) is 0 Å². The second kappa shape index (κ2) is 7.63. The third-order valence-corrected chi connectivity index (χ3v) is 5.35. The zero-order valence-corrected chi connectivity index (χ0v) is 15.8. The Balaban J connectivity index is 1.42. The summed E-state index contributed by atoms with van der Waals surface area (Å²) in [5.41, 5.74) is 0. The number of hydrogen-bond acceptors (Lipinski definition) is 7. The molecule has 2 aliphatic heterocycles. The van der Waals surface area contributed by atoms with Crippen LogP contribution in [-0.4, -0.2) is 79.3 Å². The van der Waals surface area contributed by atoms with E-state index in [2.05, 4.69) is 36.6 Å². The average molecular weight is 374 g/mol. The Kier molecular flexibility index (Phi) is 5.08. The summed E-state index contributed by atoms with van der Waals surface area (Å²) in [4.78, 5) is 22.9. The van der Waals surface area contributed by atoms with E-state index in [0.717, 1.165) is 69.9 Å². The van der Waals surface area contributed by atoms with Crippen LogP contribution in [0.2, 0.25) is 5.02 Å². The standard InChI is InChI=1S/C18H24ClN7/c1-23-7-9-24(10-8-23)16-4-6-21-18(22-16)26-13-11-25(12-14-26)17-15(19)3-2-5-20-17/h2-6H,7-14H2,1H3. The van der Waals surface area contributed by atoms with Gasteiger partial charge in [0.05, 0.1) is 5.02 Å². The molecule has 0 bridgehead atoms. The molecule has 2 aromatic heterocycles. The Morgan fingerprint density at radius 3 is 2.23 bits per heavy atom. The van der Waals surface area contributed by atoms with Crippen LogP contribution >= 0.6 is 11.6 Å². The first-order valence-corrected chi connectivity index (χ1v) is 9.45. The topological polar surface area (TPSA) is 51.6 Å². The highest BCUT2D eigenvalue weighted by Crippen LogP contribution is 2.24. The first-order valence-electron chi connectivity index (χ1n) is 9.08. The minimum atomic E-state index is 0.703. The summed E-state index contributed by atoms with van der Waals surface area (Å²) >= 11 is 6.28. The monoisotopic (exact) mass is 373 g/mol. The van der Waals surface area contributed by atoms with Crippen LogP contribution in [0.25, 0.3) is 0 Å². The van der Waals surface area contributed by atoms with Gasteiger partial charge in [0.25, 0.3) is 0 Å². The van der Waals surface area contributed by atoms with Gasteiger partial charge < -0.3 is 19.6 Å². The molecular weight excluding hydrogens is 350 g/mol. The summed E-state index contributed by atoms with van der Waals surface area (Å²) in [5.74, 6) is 2.70. The van der Waals surface area contributed by atoms with Gasteiger partial charge >= 0.3 is 0 Å². The fraction of sp³-hybridized carbons (Fsp3) is 0.500. The van der Waals surface area contributed by atoms with Crippen molar-refractivity contribution in [3.63, 3.8) is 0 Å². The molecule has 0 N–H and O–H groups in total. The van der Waals surface area contributed by atoms with Gasteiger partial charge in [-0.2, -0.15) is 4.98 Å². The fourth-order valence-corrected chi connectivity index (χ4v) is 3.67. The minimum absolute atomic E-state index is 0.703. The van der Waals surface area contributed by atoms with Crippen LogP contribution in [0.15, 0.2) is 30.6 Å². The maximum atomic E-state index is 6.28. The lowest BCUT2D eigenvalue weighted by Crippen LogP contribution is -2.48. The van der Waals surface area contributed by atoms with E-state index in [-0.39, 0.29) is 0 Å². The molecular formula is C18H24ClN7. The molecule has 0 unspecified atom stereocenters. The molecule has 2 saturated heterocycles. The van der Waals surface area contributed by atoms with Crippen molar-refractivity contribution in [2.75, 3.05) is 74.1 Å². The molecule has 2 aliphatic rings. The second-order valence-corrected chi connectivity index (χ2v) is 7.20. The van der Waals surface area contributed by atoms with Crippen molar-refractivity contribution in [3.8, 4) is 0 Å². The Morgan fingerprint density at radius 2 is 1.50 bits per heavy atom. The van der Waals surface area contributed by atoms with Gasteiger partial charge in [0, 0.05) is 64.8 Å². The molecule has 138 valence electrons. The van der Waals surface area contributed by atoms with Gasteiger partial charge in [0.1, 0.15) is 11.6 Å². The van der Waals surface area contributed by atoms with Crippen molar-refractivity contribution >= 4 is 29.2 Å². The maximum Gasteiger partial charge on any atom is 0.227 e.